The highest BCUT2D eigenvalue weighted by molar-refractivity contribution is 14.0. The van der Waals surface area contributed by atoms with E-state index in [4.69, 9.17) is 5.73 Å². The summed E-state index contributed by atoms with van der Waals surface area (Å²) in [5.41, 5.74) is 8.52. The predicted molar refractivity (Wildman–Crippen MR) is 103 cm³/mol. The highest BCUT2D eigenvalue weighted by atomic mass is 127. The lowest BCUT2D eigenvalue weighted by Crippen LogP contribution is -2.33. The van der Waals surface area contributed by atoms with Gasteiger partial charge in [-0.05, 0) is 34.4 Å². The summed E-state index contributed by atoms with van der Waals surface area (Å²) in [6, 6.07) is 12.5. The minimum absolute atomic E-state index is 0. The number of hydrogen-bond acceptors (Lipinski definition) is 2. The lowest BCUT2D eigenvalue weighted by molar-refractivity contribution is 0.765. The van der Waals surface area contributed by atoms with Crippen LogP contribution in [0.15, 0.2) is 52.2 Å². The normalized spacial score (nSPS) is 12.5. The molecule has 1 unspecified atom stereocenters. The third-order valence-electron chi connectivity index (χ3n) is 3.21. The quantitative estimate of drug-likeness (QED) is 0.430. The van der Waals surface area contributed by atoms with Gasteiger partial charge in [-0.1, -0.05) is 37.3 Å². The molecular weight excluding hydrogens is 393 g/mol. The molecule has 0 bridgehead atoms. The Morgan fingerprint density at radius 2 is 2.05 bits per heavy atom. The molecule has 0 aliphatic heterocycles. The van der Waals surface area contributed by atoms with Crippen LogP contribution in [0.5, 0.6) is 0 Å². The van der Waals surface area contributed by atoms with Gasteiger partial charge in [0.1, 0.15) is 0 Å². The summed E-state index contributed by atoms with van der Waals surface area (Å²) < 4.78 is 0. The summed E-state index contributed by atoms with van der Waals surface area (Å²) in [6.45, 7) is 3.70. The molecule has 114 valence electrons. The van der Waals surface area contributed by atoms with Crippen molar-refractivity contribution in [3.05, 3.63) is 58.3 Å². The van der Waals surface area contributed by atoms with Crippen LogP contribution in [0.4, 0.5) is 0 Å². The van der Waals surface area contributed by atoms with Gasteiger partial charge >= 0.3 is 0 Å². The Morgan fingerprint density at radius 1 is 1.29 bits per heavy atom. The molecule has 1 aromatic carbocycles. The molecule has 0 radical (unpaired) electrons. The number of guanidine groups is 1. The third kappa shape index (κ3) is 6.48. The van der Waals surface area contributed by atoms with Crippen LogP contribution in [-0.2, 0) is 6.42 Å². The van der Waals surface area contributed by atoms with Crippen LogP contribution in [0.3, 0.4) is 0 Å². The lowest BCUT2D eigenvalue weighted by Gasteiger charge is -2.09. The summed E-state index contributed by atoms with van der Waals surface area (Å²) in [5.74, 6) is 0.943. The van der Waals surface area contributed by atoms with Crippen LogP contribution in [0.25, 0.3) is 0 Å². The van der Waals surface area contributed by atoms with Crippen molar-refractivity contribution in [3.8, 4) is 0 Å². The zero-order valence-corrected chi connectivity index (χ0v) is 15.3. The molecule has 0 amide bonds. The Balaban J connectivity index is 0.00000220. The third-order valence-corrected chi connectivity index (χ3v) is 3.91. The highest BCUT2D eigenvalue weighted by Gasteiger charge is 2.04. The maximum Gasteiger partial charge on any atom is 0.188 e. The fourth-order valence-corrected chi connectivity index (χ4v) is 2.71. The molecule has 0 aliphatic carbocycles. The smallest absolute Gasteiger partial charge is 0.188 e. The molecule has 3 nitrogen and oxygen atoms in total. The van der Waals surface area contributed by atoms with Crippen molar-refractivity contribution in [2.75, 3.05) is 13.1 Å². The molecule has 1 aromatic heterocycles. The van der Waals surface area contributed by atoms with Crippen molar-refractivity contribution in [2.24, 2.45) is 10.7 Å². The second-order valence-electron chi connectivity index (χ2n) is 4.85. The van der Waals surface area contributed by atoms with Gasteiger partial charge in [-0.2, -0.15) is 11.3 Å². The fraction of sp³-hybridized carbons (Fsp3) is 0.312. The minimum Gasteiger partial charge on any atom is -0.370 e. The molecule has 0 saturated carbocycles. The van der Waals surface area contributed by atoms with Crippen molar-refractivity contribution < 1.29 is 0 Å². The van der Waals surface area contributed by atoms with E-state index in [1.165, 1.54) is 11.1 Å². The number of nitrogens with zero attached hydrogens (tertiary/aromatic N) is 1. The van der Waals surface area contributed by atoms with Crippen molar-refractivity contribution in [2.45, 2.75) is 19.3 Å². The van der Waals surface area contributed by atoms with Gasteiger partial charge in [-0.25, -0.2) is 0 Å². The molecule has 0 saturated heterocycles. The summed E-state index contributed by atoms with van der Waals surface area (Å²) in [6.07, 6.45) is 0.956. The zero-order valence-electron chi connectivity index (χ0n) is 12.2. The van der Waals surface area contributed by atoms with Gasteiger partial charge in [-0.3, -0.25) is 4.99 Å². The summed E-state index contributed by atoms with van der Waals surface area (Å²) >= 11 is 1.72. The SMILES string of the molecule is CC(CN=C(N)NCCc1ccccc1)c1ccsc1.I. The van der Waals surface area contributed by atoms with Crippen LogP contribution >= 0.6 is 35.3 Å². The topological polar surface area (TPSA) is 50.4 Å². The van der Waals surface area contributed by atoms with Gasteiger partial charge in [0.25, 0.3) is 0 Å². The largest absolute Gasteiger partial charge is 0.370 e. The minimum atomic E-state index is 0. The molecule has 0 spiro atoms. The Morgan fingerprint density at radius 3 is 2.71 bits per heavy atom. The molecule has 1 heterocycles. The van der Waals surface area contributed by atoms with E-state index < -0.39 is 0 Å². The maximum absolute atomic E-state index is 5.88. The molecule has 1 atom stereocenters. The fourth-order valence-electron chi connectivity index (χ4n) is 1.93. The Kier molecular flexibility index (Phi) is 8.37. The maximum atomic E-state index is 5.88. The van der Waals surface area contributed by atoms with Gasteiger partial charge in [-0.15, -0.1) is 24.0 Å². The zero-order chi connectivity index (χ0) is 14.2. The predicted octanol–water partition coefficient (Wildman–Crippen LogP) is 3.62. The lowest BCUT2D eigenvalue weighted by atomic mass is 10.1. The van der Waals surface area contributed by atoms with E-state index in [9.17, 15) is 0 Å². The van der Waals surface area contributed by atoms with Gasteiger partial charge in [0.15, 0.2) is 5.96 Å². The van der Waals surface area contributed by atoms with Crippen molar-refractivity contribution in [3.63, 3.8) is 0 Å². The number of nitrogens with two attached hydrogens (primary N) is 1. The van der Waals surface area contributed by atoms with E-state index in [1.807, 2.05) is 6.07 Å². The summed E-state index contributed by atoms with van der Waals surface area (Å²) in [5, 5.41) is 7.42. The van der Waals surface area contributed by atoms with Crippen LogP contribution in [0.1, 0.15) is 24.0 Å². The van der Waals surface area contributed by atoms with Crippen LogP contribution in [0, 0.1) is 0 Å². The van der Waals surface area contributed by atoms with Crippen molar-refractivity contribution in [1.82, 2.24) is 5.32 Å². The molecule has 2 aromatic rings. The number of aliphatic imine (C=N–C) groups is 1. The van der Waals surface area contributed by atoms with Gasteiger partial charge in [0.2, 0.25) is 0 Å². The highest BCUT2D eigenvalue weighted by Crippen LogP contribution is 2.17. The standard InChI is InChI=1S/C16H21N3S.HI/c1-13(15-8-10-20-12-15)11-19-16(17)18-9-7-14-5-3-2-4-6-14;/h2-6,8,10,12-13H,7,9,11H2,1H3,(H3,17,18,19);1H. The number of nitrogens with one attached hydrogen (secondary N) is 1. The average Bonchev–Trinajstić information content (AvgIpc) is 3.00. The second kappa shape index (κ2) is 9.78. The molecule has 2 rings (SSSR count). The molecular formula is C16H22IN3S. The van der Waals surface area contributed by atoms with Gasteiger partial charge in [0.05, 0.1) is 0 Å². The molecule has 3 N–H and O–H groups in total. The molecule has 21 heavy (non-hydrogen) atoms. The number of rotatable bonds is 6. The Hall–Kier alpha value is -1.08. The van der Waals surface area contributed by atoms with E-state index in [2.05, 4.69) is 58.3 Å². The van der Waals surface area contributed by atoms with Crippen molar-refractivity contribution in [1.29, 1.82) is 0 Å². The van der Waals surface area contributed by atoms with Crippen molar-refractivity contribution >= 4 is 41.3 Å². The number of thiophene rings is 1. The van der Waals surface area contributed by atoms with E-state index >= 15 is 0 Å². The van der Waals surface area contributed by atoms with Gasteiger partial charge < -0.3 is 11.1 Å². The molecule has 0 fully saturated rings. The molecule has 5 heteroatoms. The first-order chi connectivity index (χ1) is 9.75. The number of halogens is 1. The summed E-state index contributed by atoms with van der Waals surface area (Å²) in [4.78, 5) is 4.40. The summed E-state index contributed by atoms with van der Waals surface area (Å²) in [7, 11) is 0. The second-order valence-corrected chi connectivity index (χ2v) is 5.63. The van der Waals surface area contributed by atoms with E-state index in [0.717, 1.165) is 19.5 Å². The first kappa shape index (κ1) is 18.0. The van der Waals surface area contributed by atoms with Gasteiger partial charge in [0, 0.05) is 19.0 Å². The van der Waals surface area contributed by atoms with E-state index in [-0.39, 0.29) is 24.0 Å². The van der Waals surface area contributed by atoms with Crippen LogP contribution in [0.2, 0.25) is 0 Å². The Labute approximate surface area is 147 Å². The molecule has 0 aliphatic rings. The monoisotopic (exact) mass is 415 g/mol. The first-order valence-corrected chi connectivity index (χ1v) is 7.80. The number of hydrogen-bond donors (Lipinski definition) is 2. The average molecular weight is 415 g/mol. The van der Waals surface area contributed by atoms with Crippen LogP contribution < -0.4 is 11.1 Å². The van der Waals surface area contributed by atoms with E-state index in [0.29, 0.717) is 11.9 Å². The van der Waals surface area contributed by atoms with Crippen LogP contribution in [-0.4, -0.2) is 19.0 Å². The van der Waals surface area contributed by atoms with E-state index in [1.54, 1.807) is 11.3 Å². The first-order valence-electron chi connectivity index (χ1n) is 6.85. The number of benzene rings is 1. The Bertz CT molecular complexity index is 526.